The minimum Gasteiger partial charge on any atom is -0.373 e. The smallest absolute Gasteiger partial charge is 0.254 e. The summed E-state index contributed by atoms with van der Waals surface area (Å²) in [7, 11) is 1.80. The van der Waals surface area contributed by atoms with Gasteiger partial charge < -0.3 is 10.2 Å². The number of carbonyl (C=O) groups excluding carboxylic acids is 1. The maximum atomic E-state index is 12.7. The number of thiophene rings is 1. The van der Waals surface area contributed by atoms with Gasteiger partial charge in [0.1, 0.15) is 5.82 Å². The molecular weight excluding hydrogens is 270 g/mol. The van der Waals surface area contributed by atoms with Crippen molar-refractivity contribution < 1.29 is 4.79 Å². The zero-order valence-corrected chi connectivity index (χ0v) is 12.4. The van der Waals surface area contributed by atoms with Crippen LogP contribution in [-0.4, -0.2) is 29.4 Å². The summed E-state index contributed by atoms with van der Waals surface area (Å²) in [6.07, 6.45) is 2.62. The molecule has 0 saturated heterocycles. The number of rotatable bonds is 2. The molecule has 0 aromatic carbocycles. The maximum Gasteiger partial charge on any atom is 0.254 e. The molecule has 1 N–H and O–H groups in total. The minimum absolute atomic E-state index is 0.0771. The Morgan fingerprint density at radius 3 is 3.15 bits per heavy atom. The first-order valence-corrected chi connectivity index (χ1v) is 7.59. The number of nitrogens with one attached hydrogen (secondary N) is 1. The molecule has 0 unspecified atom stereocenters. The molecule has 0 spiro atoms. The lowest BCUT2D eigenvalue weighted by Gasteiger charge is -2.33. The van der Waals surface area contributed by atoms with Crippen LogP contribution in [0.5, 0.6) is 0 Å². The van der Waals surface area contributed by atoms with Gasteiger partial charge in [0.2, 0.25) is 0 Å². The fourth-order valence-electron chi connectivity index (χ4n) is 2.65. The van der Waals surface area contributed by atoms with Gasteiger partial charge in [-0.1, -0.05) is 0 Å². The highest BCUT2D eigenvalue weighted by atomic mass is 32.1. The molecule has 20 heavy (non-hydrogen) atoms. The first-order chi connectivity index (χ1) is 9.70. The predicted octanol–water partition coefficient (Wildman–Crippen LogP) is 2.94. The Hall–Kier alpha value is -1.88. The molecule has 1 atom stereocenters. The molecule has 2 aromatic heterocycles. The van der Waals surface area contributed by atoms with E-state index in [9.17, 15) is 4.79 Å². The molecule has 0 aliphatic carbocycles. The number of carbonyl (C=O) groups is 1. The Morgan fingerprint density at radius 2 is 2.35 bits per heavy atom. The van der Waals surface area contributed by atoms with Crippen LogP contribution >= 0.6 is 11.3 Å². The van der Waals surface area contributed by atoms with Gasteiger partial charge in [-0.3, -0.25) is 4.79 Å². The van der Waals surface area contributed by atoms with Crippen LogP contribution in [-0.2, 0) is 6.42 Å². The van der Waals surface area contributed by atoms with Crippen molar-refractivity contribution in [3.63, 3.8) is 0 Å². The molecule has 0 bridgehead atoms. The molecule has 0 fully saturated rings. The highest BCUT2D eigenvalue weighted by Gasteiger charge is 2.28. The second-order valence-corrected chi connectivity index (χ2v) is 5.90. The molecule has 1 amide bonds. The van der Waals surface area contributed by atoms with Crippen LogP contribution in [0.4, 0.5) is 5.82 Å². The fraction of sp³-hybridized carbons (Fsp3) is 0.333. The second-order valence-electron chi connectivity index (χ2n) is 4.90. The Bertz CT molecular complexity index is 638. The summed E-state index contributed by atoms with van der Waals surface area (Å²) in [6, 6.07) is 5.86. The van der Waals surface area contributed by atoms with Crippen molar-refractivity contribution in [2.24, 2.45) is 0 Å². The molecule has 0 radical (unpaired) electrons. The lowest BCUT2D eigenvalue weighted by Crippen LogP contribution is -2.38. The Morgan fingerprint density at radius 1 is 1.50 bits per heavy atom. The van der Waals surface area contributed by atoms with Gasteiger partial charge in [0.25, 0.3) is 5.91 Å². The van der Waals surface area contributed by atoms with Crippen LogP contribution in [0.15, 0.2) is 29.8 Å². The topological polar surface area (TPSA) is 45.2 Å². The monoisotopic (exact) mass is 287 g/mol. The number of amides is 1. The van der Waals surface area contributed by atoms with Crippen LogP contribution in [0.2, 0.25) is 0 Å². The molecule has 5 heteroatoms. The van der Waals surface area contributed by atoms with Crippen LogP contribution in [0.25, 0.3) is 0 Å². The van der Waals surface area contributed by atoms with Gasteiger partial charge in [0.05, 0.1) is 6.04 Å². The first-order valence-electron chi connectivity index (χ1n) is 6.71. The Kier molecular flexibility index (Phi) is 3.44. The SMILES string of the molecule is CNc1cc(C(=O)N2CCc3sccc3[C@@H]2C)ccn1. The fourth-order valence-corrected chi connectivity index (χ4v) is 3.62. The van der Waals surface area contributed by atoms with E-state index < -0.39 is 0 Å². The average molecular weight is 287 g/mol. The molecule has 4 nitrogen and oxygen atoms in total. The first kappa shape index (κ1) is 13.1. The number of anilines is 1. The molecular formula is C15H17N3OS. The highest BCUT2D eigenvalue weighted by Crippen LogP contribution is 2.33. The van der Waals surface area contributed by atoms with Crippen molar-refractivity contribution in [2.45, 2.75) is 19.4 Å². The molecule has 1 aliphatic rings. The Balaban J connectivity index is 1.88. The van der Waals surface area contributed by atoms with Gasteiger partial charge in [-0.05, 0) is 42.5 Å². The molecule has 2 aromatic rings. The largest absolute Gasteiger partial charge is 0.373 e. The van der Waals surface area contributed by atoms with Crippen LogP contribution < -0.4 is 5.32 Å². The maximum absolute atomic E-state index is 12.7. The number of hydrogen-bond acceptors (Lipinski definition) is 4. The van der Waals surface area contributed by atoms with Crippen molar-refractivity contribution in [2.75, 3.05) is 18.9 Å². The normalized spacial score (nSPS) is 17.7. The number of nitrogens with zero attached hydrogens (tertiary/aromatic N) is 2. The standard InChI is InChI=1S/C15H17N3OS/c1-10-12-5-8-20-13(12)4-7-18(10)15(19)11-3-6-17-14(9-11)16-2/h3,5-6,8-10H,4,7H2,1-2H3,(H,16,17)/t10-/m0/s1. The average Bonchev–Trinajstić information content (AvgIpc) is 2.96. The zero-order chi connectivity index (χ0) is 14.1. The summed E-state index contributed by atoms with van der Waals surface area (Å²) in [5.74, 6) is 0.796. The Labute approximate surface area is 122 Å². The quantitative estimate of drug-likeness (QED) is 0.923. The zero-order valence-electron chi connectivity index (χ0n) is 11.6. The van der Waals surface area contributed by atoms with Crippen LogP contribution in [0, 0.1) is 0 Å². The van der Waals surface area contributed by atoms with Crippen molar-refractivity contribution >= 4 is 23.1 Å². The van der Waals surface area contributed by atoms with Crippen molar-refractivity contribution in [3.05, 3.63) is 45.8 Å². The number of pyridine rings is 1. The van der Waals surface area contributed by atoms with Gasteiger partial charge in [0, 0.05) is 30.2 Å². The lowest BCUT2D eigenvalue weighted by molar-refractivity contribution is 0.0679. The van der Waals surface area contributed by atoms with E-state index in [1.54, 1.807) is 36.7 Å². The molecule has 0 saturated carbocycles. The summed E-state index contributed by atoms with van der Waals surface area (Å²) in [4.78, 5) is 20.2. The minimum atomic E-state index is 0.0771. The van der Waals surface area contributed by atoms with Gasteiger partial charge in [-0.2, -0.15) is 0 Å². The number of fused-ring (bicyclic) bond motifs is 1. The van der Waals surface area contributed by atoms with E-state index in [2.05, 4.69) is 28.7 Å². The summed E-state index contributed by atoms with van der Waals surface area (Å²) in [5, 5.41) is 5.08. The molecule has 104 valence electrons. The molecule has 3 rings (SSSR count). The van der Waals surface area contributed by atoms with Crippen molar-refractivity contribution in [3.8, 4) is 0 Å². The van der Waals surface area contributed by atoms with Gasteiger partial charge >= 0.3 is 0 Å². The van der Waals surface area contributed by atoms with Gasteiger partial charge in [0.15, 0.2) is 0 Å². The van der Waals surface area contributed by atoms with E-state index >= 15 is 0 Å². The van der Waals surface area contributed by atoms with E-state index in [4.69, 9.17) is 0 Å². The third-order valence-corrected chi connectivity index (χ3v) is 4.80. The van der Waals surface area contributed by atoms with E-state index in [0.717, 1.165) is 18.8 Å². The highest BCUT2D eigenvalue weighted by molar-refractivity contribution is 7.10. The summed E-state index contributed by atoms with van der Waals surface area (Å²) in [5.41, 5.74) is 1.98. The third kappa shape index (κ3) is 2.18. The molecule has 3 heterocycles. The van der Waals surface area contributed by atoms with E-state index in [1.807, 2.05) is 4.90 Å². The van der Waals surface area contributed by atoms with E-state index in [1.165, 1.54) is 10.4 Å². The van der Waals surface area contributed by atoms with Crippen LogP contribution in [0.3, 0.4) is 0 Å². The van der Waals surface area contributed by atoms with Crippen molar-refractivity contribution in [1.29, 1.82) is 0 Å². The number of aromatic nitrogens is 1. The lowest BCUT2D eigenvalue weighted by atomic mass is 10.0. The van der Waals surface area contributed by atoms with E-state index in [0.29, 0.717) is 5.56 Å². The van der Waals surface area contributed by atoms with Gasteiger partial charge in [-0.25, -0.2) is 4.98 Å². The second kappa shape index (κ2) is 5.25. The summed E-state index contributed by atoms with van der Waals surface area (Å²) in [6.45, 7) is 2.88. The summed E-state index contributed by atoms with van der Waals surface area (Å²) < 4.78 is 0. The summed E-state index contributed by atoms with van der Waals surface area (Å²) >= 11 is 1.79. The van der Waals surface area contributed by atoms with Crippen molar-refractivity contribution in [1.82, 2.24) is 9.88 Å². The molecule has 1 aliphatic heterocycles. The third-order valence-electron chi connectivity index (χ3n) is 3.80. The predicted molar refractivity (Wildman–Crippen MR) is 81.3 cm³/mol. The van der Waals surface area contributed by atoms with E-state index in [-0.39, 0.29) is 11.9 Å². The van der Waals surface area contributed by atoms with Crippen LogP contribution in [0.1, 0.15) is 33.8 Å². The van der Waals surface area contributed by atoms with Gasteiger partial charge in [-0.15, -0.1) is 11.3 Å². The number of hydrogen-bond donors (Lipinski definition) is 1.